The highest BCUT2D eigenvalue weighted by atomic mass is 16.5. The first kappa shape index (κ1) is 14.6. The van der Waals surface area contributed by atoms with E-state index in [1.807, 2.05) is 0 Å². The number of amides is 2. The minimum absolute atomic E-state index is 0.128. The van der Waals surface area contributed by atoms with Crippen molar-refractivity contribution in [1.29, 1.82) is 0 Å². The van der Waals surface area contributed by atoms with Crippen molar-refractivity contribution < 1.29 is 18.5 Å². The molecule has 0 saturated carbocycles. The molecule has 0 fully saturated rings. The van der Waals surface area contributed by atoms with Crippen molar-refractivity contribution >= 4 is 23.5 Å². The molecule has 9 nitrogen and oxygen atoms in total. The van der Waals surface area contributed by atoms with Crippen LogP contribution in [0.2, 0.25) is 0 Å². The summed E-state index contributed by atoms with van der Waals surface area (Å²) in [5, 5.41) is 12.9. The molecule has 0 spiro atoms. The molecule has 3 rings (SSSR count). The molecule has 118 valence electrons. The Hall–Kier alpha value is -3.36. The van der Waals surface area contributed by atoms with Crippen LogP contribution in [-0.2, 0) is 7.05 Å². The number of nitrogens with one attached hydrogen (secondary N) is 2. The number of hydrogen-bond donors (Lipinski definition) is 2. The number of hydrogen-bond acceptors (Lipinski definition) is 6. The fourth-order valence-electron chi connectivity index (χ4n) is 1.89. The second-order valence-corrected chi connectivity index (χ2v) is 4.75. The molecule has 23 heavy (non-hydrogen) atoms. The number of nitrogens with zero attached hydrogens (tertiary/aromatic N) is 3. The van der Waals surface area contributed by atoms with Crippen LogP contribution in [0.25, 0.3) is 0 Å². The molecule has 0 saturated heterocycles. The van der Waals surface area contributed by atoms with Crippen LogP contribution in [0.5, 0.6) is 0 Å². The van der Waals surface area contributed by atoms with Crippen molar-refractivity contribution in [1.82, 2.24) is 14.9 Å². The molecule has 0 bridgehead atoms. The quantitative estimate of drug-likeness (QED) is 0.758. The van der Waals surface area contributed by atoms with Crippen LogP contribution in [0.4, 0.5) is 11.6 Å². The van der Waals surface area contributed by atoms with Gasteiger partial charge in [-0.1, -0.05) is 5.16 Å². The van der Waals surface area contributed by atoms with Crippen LogP contribution in [0, 0.1) is 6.92 Å². The van der Waals surface area contributed by atoms with Gasteiger partial charge in [0.2, 0.25) is 0 Å². The van der Waals surface area contributed by atoms with E-state index < -0.39 is 11.8 Å². The largest absolute Gasteiger partial charge is 0.459 e. The first-order chi connectivity index (χ1) is 11.0. The Morgan fingerprint density at radius 3 is 2.70 bits per heavy atom. The Balaban J connectivity index is 1.72. The number of aromatic nitrogens is 3. The van der Waals surface area contributed by atoms with Crippen LogP contribution < -0.4 is 10.6 Å². The van der Waals surface area contributed by atoms with Gasteiger partial charge in [0.15, 0.2) is 17.3 Å². The highest BCUT2D eigenvalue weighted by Gasteiger charge is 2.17. The van der Waals surface area contributed by atoms with Crippen LogP contribution in [0.15, 0.2) is 39.5 Å². The van der Waals surface area contributed by atoms with E-state index in [2.05, 4.69) is 20.9 Å². The van der Waals surface area contributed by atoms with E-state index >= 15 is 0 Å². The zero-order valence-corrected chi connectivity index (χ0v) is 12.4. The summed E-state index contributed by atoms with van der Waals surface area (Å²) in [6.07, 6.45) is 1.40. The predicted molar refractivity (Wildman–Crippen MR) is 79.1 cm³/mol. The molecule has 3 aromatic heterocycles. The Bertz CT molecular complexity index is 847. The van der Waals surface area contributed by atoms with E-state index in [9.17, 15) is 9.59 Å². The van der Waals surface area contributed by atoms with Gasteiger partial charge >= 0.3 is 0 Å². The lowest BCUT2D eigenvalue weighted by Gasteiger charge is -2.01. The molecular formula is C14H13N5O4. The second kappa shape index (κ2) is 5.79. The van der Waals surface area contributed by atoms with E-state index in [1.165, 1.54) is 23.1 Å². The van der Waals surface area contributed by atoms with Crippen molar-refractivity contribution in [3.8, 4) is 0 Å². The van der Waals surface area contributed by atoms with Gasteiger partial charge in [-0.15, -0.1) is 0 Å². The number of rotatable bonds is 4. The topological polar surface area (TPSA) is 115 Å². The third-order valence-electron chi connectivity index (χ3n) is 2.97. The fourth-order valence-corrected chi connectivity index (χ4v) is 1.89. The van der Waals surface area contributed by atoms with E-state index in [0.717, 1.165) is 0 Å². The molecule has 0 aliphatic carbocycles. The van der Waals surface area contributed by atoms with Crippen LogP contribution in [0.1, 0.15) is 26.8 Å². The average molecular weight is 315 g/mol. The monoisotopic (exact) mass is 315 g/mol. The zero-order chi connectivity index (χ0) is 16.4. The van der Waals surface area contributed by atoms with Crippen molar-refractivity contribution in [2.45, 2.75) is 6.92 Å². The van der Waals surface area contributed by atoms with Gasteiger partial charge in [-0.2, -0.15) is 5.10 Å². The van der Waals surface area contributed by atoms with Gasteiger partial charge < -0.3 is 19.6 Å². The van der Waals surface area contributed by atoms with Crippen molar-refractivity contribution in [3.63, 3.8) is 0 Å². The molecular weight excluding hydrogens is 302 g/mol. The summed E-state index contributed by atoms with van der Waals surface area (Å²) < 4.78 is 11.2. The van der Waals surface area contributed by atoms with E-state index in [0.29, 0.717) is 17.4 Å². The number of aryl methyl sites for hydroxylation is 2. The molecule has 0 aliphatic rings. The maximum Gasteiger partial charge on any atom is 0.292 e. The Labute approximate surface area is 130 Å². The molecule has 0 aromatic carbocycles. The number of carbonyl (C=O) groups is 2. The molecule has 9 heteroatoms. The number of furan rings is 1. The van der Waals surface area contributed by atoms with Gasteiger partial charge in [-0.3, -0.25) is 14.3 Å². The van der Waals surface area contributed by atoms with Crippen LogP contribution >= 0.6 is 0 Å². The van der Waals surface area contributed by atoms with E-state index in [1.54, 1.807) is 26.1 Å². The van der Waals surface area contributed by atoms with Gasteiger partial charge in [0.1, 0.15) is 11.6 Å². The normalized spacial score (nSPS) is 10.5. The molecule has 2 N–H and O–H groups in total. The average Bonchev–Trinajstić information content (AvgIpc) is 3.22. The zero-order valence-electron chi connectivity index (χ0n) is 12.4. The molecule has 0 aliphatic heterocycles. The highest BCUT2D eigenvalue weighted by Crippen LogP contribution is 2.14. The summed E-state index contributed by atoms with van der Waals surface area (Å²) in [6.45, 7) is 1.71. The van der Waals surface area contributed by atoms with Crippen molar-refractivity contribution in [2.75, 3.05) is 10.6 Å². The van der Waals surface area contributed by atoms with Gasteiger partial charge in [-0.05, 0) is 19.1 Å². The van der Waals surface area contributed by atoms with Crippen LogP contribution in [0.3, 0.4) is 0 Å². The first-order valence-electron chi connectivity index (χ1n) is 6.66. The minimum Gasteiger partial charge on any atom is -0.459 e. The van der Waals surface area contributed by atoms with E-state index in [-0.39, 0.29) is 11.5 Å². The van der Waals surface area contributed by atoms with Gasteiger partial charge in [0.05, 0.1) is 6.26 Å². The summed E-state index contributed by atoms with van der Waals surface area (Å²) in [7, 11) is 1.61. The second-order valence-electron chi connectivity index (χ2n) is 4.75. The van der Waals surface area contributed by atoms with Gasteiger partial charge in [-0.25, -0.2) is 0 Å². The lowest BCUT2D eigenvalue weighted by atomic mass is 10.3. The van der Waals surface area contributed by atoms with Gasteiger partial charge in [0.25, 0.3) is 11.8 Å². The Kier molecular flexibility index (Phi) is 3.67. The minimum atomic E-state index is -0.465. The molecule has 0 atom stereocenters. The lowest BCUT2D eigenvalue weighted by molar-refractivity contribution is 0.0993. The third-order valence-corrected chi connectivity index (χ3v) is 2.97. The standard InChI is InChI=1S/C14H13N5O4/c1-8-6-11(18-23-8)15-13(20)9-7-12(19(2)17-9)16-14(21)10-4-3-5-22-10/h3-7H,1-2H3,(H,16,21)(H,15,18,20). The number of carbonyl (C=O) groups excluding carboxylic acids is 2. The Morgan fingerprint density at radius 1 is 1.22 bits per heavy atom. The predicted octanol–water partition coefficient (Wildman–Crippen LogP) is 1.81. The Morgan fingerprint density at radius 2 is 2.04 bits per heavy atom. The number of anilines is 2. The highest BCUT2D eigenvalue weighted by molar-refractivity contribution is 6.05. The molecule has 3 heterocycles. The molecule has 0 radical (unpaired) electrons. The van der Waals surface area contributed by atoms with Crippen molar-refractivity contribution in [3.05, 3.63) is 47.7 Å². The lowest BCUT2D eigenvalue weighted by Crippen LogP contribution is -2.13. The summed E-state index contributed by atoms with van der Waals surface area (Å²) in [5.41, 5.74) is 0.128. The maximum absolute atomic E-state index is 12.1. The summed E-state index contributed by atoms with van der Waals surface area (Å²) in [4.78, 5) is 24.0. The fraction of sp³-hybridized carbons (Fsp3) is 0.143. The maximum atomic E-state index is 12.1. The van der Waals surface area contributed by atoms with Crippen LogP contribution in [-0.4, -0.2) is 26.8 Å². The first-order valence-corrected chi connectivity index (χ1v) is 6.66. The van der Waals surface area contributed by atoms with E-state index in [4.69, 9.17) is 8.94 Å². The summed E-state index contributed by atoms with van der Waals surface area (Å²) in [5.74, 6) is 0.486. The SMILES string of the molecule is Cc1cc(NC(=O)c2cc(NC(=O)c3ccco3)n(C)n2)no1. The summed E-state index contributed by atoms with van der Waals surface area (Å²) in [6, 6.07) is 6.17. The third kappa shape index (κ3) is 3.12. The summed E-state index contributed by atoms with van der Waals surface area (Å²) >= 11 is 0. The smallest absolute Gasteiger partial charge is 0.292 e. The molecule has 0 unspecified atom stereocenters. The molecule has 2 amide bonds. The van der Waals surface area contributed by atoms with Gasteiger partial charge in [0, 0.05) is 19.2 Å². The van der Waals surface area contributed by atoms with Crippen molar-refractivity contribution in [2.24, 2.45) is 7.05 Å². The molecule has 3 aromatic rings.